The molecule has 2 rings (SSSR count). The summed E-state index contributed by atoms with van der Waals surface area (Å²) < 4.78 is 0. The number of nitrogens with two attached hydrogens (primary N) is 1. The maximum Gasteiger partial charge on any atom is 0.273 e. The molecule has 110 valence electrons. The first-order valence-corrected chi connectivity index (χ1v) is 7.33. The monoisotopic (exact) mass is 297 g/mol. The van der Waals surface area contributed by atoms with E-state index < -0.39 is 0 Å². The highest BCUT2D eigenvalue weighted by atomic mass is 35.5. The van der Waals surface area contributed by atoms with Crippen LogP contribution in [0.3, 0.4) is 0 Å². The van der Waals surface area contributed by atoms with E-state index in [1.54, 1.807) is 12.1 Å². The Morgan fingerprint density at radius 2 is 2.30 bits per heavy atom. The highest BCUT2D eigenvalue weighted by Gasteiger charge is 2.22. The highest BCUT2D eigenvalue weighted by Crippen LogP contribution is 2.26. The van der Waals surface area contributed by atoms with Crippen LogP contribution in [0, 0.1) is 16.0 Å². The zero-order valence-electron chi connectivity index (χ0n) is 11.4. The van der Waals surface area contributed by atoms with Crippen molar-refractivity contribution in [2.24, 2.45) is 11.7 Å². The molecule has 5 nitrogen and oxygen atoms in total. The summed E-state index contributed by atoms with van der Waals surface area (Å²) >= 11 is 5.96. The van der Waals surface area contributed by atoms with Crippen LogP contribution < -0.4 is 5.73 Å². The first-order valence-electron chi connectivity index (χ1n) is 6.95. The molecule has 1 fully saturated rings. The van der Waals surface area contributed by atoms with E-state index in [1.165, 1.54) is 12.5 Å². The van der Waals surface area contributed by atoms with Crippen molar-refractivity contribution in [3.05, 3.63) is 38.9 Å². The van der Waals surface area contributed by atoms with E-state index in [0.29, 0.717) is 29.6 Å². The fraction of sp³-hybridized carbons (Fsp3) is 0.571. The summed E-state index contributed by atoms with van der Waals surface area (Å²) in [6, 6.07) is 4.75. The van der Waals surface area contributed by atoms with Gasteiger partial charge >= 0.3 is 0 Å². The summed E-state index contributed by atoms with van der Waals surface area (Å²) in [5.74, 6) is 0.604. The third-order valence-corrected chi connectivity index (χ3v) is 4.05. The first-order chi connectivity index (χ1) is 9.60. The lowest BCUT2D eigenvalue weighted by Gasteiger charge is -2.32. The van der Waals surface area contributed by atoms with Gasteiger partial charge in [0.15, 0.2) is 0 Å². The van der Waals surface area contributed by atoms with Crippen molar-refractivity contribution in [3.63, 3.8) is 0 Å². The van der Waals surface area contributed by atoms with E-state index in [4.69, 9.17) is 17.3 Å². The molecule has 2 N–H and O–H groups in total. The van der Waals surface area contributed by atoms with Crippen molar-refractivity contribution in [2.45, 2.75) is 25.8 Å². The molecule has 6 heteroatoms. The number of nitro benzene ring substituents is 1. The number of nitro groups is 1. The van der Waals surface area contributed by atoms with Gasteiger partial charge in [0.25, 0.3) is 5.69 Å². The molecule has 0 amide bonds. The van der Waals surface area contributed by atoms with Gasteiger partial charge in [0.2, 0.25) is 0 Å². The number of piperidine rings is 1. The van der Waals surface area contributed by atoms with Crippen LogP contribution in [0.25, 0.3) is 0 Å². The molecule has 0 radical (unpaired) electrons. The lowest BCUT2D eigenvalue weighted by molar-refractivity contribution is -0.385. The predicted octanol–water partition coefficient (Wildman–Crippen LogP) is 2.81. The molecule has 0 aliphatic carbocycles. The highest BCUT2D eigenvalue weighted by molar-refractivity contribution is 6.30. The van der Waals surface area contributed by atoms with Gasteiger partial charge in [0, 0.05) is 29.7 Å². The molecule has 1 aliphatic rings. The van der Waals surface area contributed by atoms with Crippen molar-refractivity contribution >= 4 is 17.3 Å². The summed E-state index contributed by atoms with van der Waals surface area (Å²) in [5.41, 5.74) is 6.45. The van der Waals surface area contributed by atoms with Crippen molar-refractivity contribution in [2.75, 3.05) is 19.6 Å². The third-order valence-electron chi connectivity index (χ3n) is 3.81. The number of hydrogen-bond acceptors (Lipinski definition) is 4. The minimum absolute atomic E-state index is 0.148. The topological polar surface area (TPSA) is 72.4 Å². The molecule has 0 saturated carbocycles. The van der Waals surface area contributed by atoms with Crippen LogP contribution in [-0.2, 0) is 6.54 Å². The third kappa shape index (κ3) is 3.91. The molecule has 0 bridgehead atoms. The standard InChI is InChI=1S/C14H20ClN3O2/c15-13-3-4-14(18(19)20)12(8-13)10-17-7-1-2-11(9-17)5-6-16/h3-4,8,11H,1-2,5-7,9-10,16H2. The Kier molecular flexibility index (Phi) is 5.34. The normalized spacial score (nSPS) is 20.0. The number of rotatable bonds is 5. The molecule has 0 aromatic heterocycles. The Hall–Kier alpha value is -1.17. The van der Waals surface area contributed by atoms with Crippen LogP contribution in [0.1, 0.15) is 24.8 Å². The first kappa shape index (κ1) is 15.2. The van der Waals surface area contributed by atoms with Crippen LogP contribution in [0.15, 0.2) is 18.2 Å². The summed E-state index contributed by atoms with van der Waals surface area (Å²) in [5, 5.41) is 11.6. The Morgan fingerprint density at radius 1 is 1.50 bits per heavy atom. The molecule has 20 heavy (non-hydrogen) atoms. The van der Waals surface area contributed by atoms with E-state index in [2.05, 4.69) is 4.90 Å². The van der Waals surface area contributed by atoms with Crippen LogP contribution in [-0.4, -0.2) is 29.5 Å². The molecular formula is C14H20ClN3O2. The van der Waals surface area contributed by atoms with Crippen LogP contribution in [0.4, 0.5) is 5.69 Å². The lowest BCUT2D eigenvalue weighted by Crippen LogP contribution is -2.35. The zero-order chi connectivity index (χ0) is 14.5. The summed E-state index contributed by atoms with van der Waals surface area (Å²) in [6.45, 7) is 3.22. The average molecular weight is 298 g/mol. The zero-order valence-corrected chi connectivity index (χ0v) is 12.2. The number of benzene rings is 1. The van der Waals surface area contributed by atoms with Gasteiger partial charge in [-0.05, 0) is 50.4 Å². The molecular weight excluding hydrogens is 278 g/mol. The van der Waals surface area contributed by atoms with Gasteiger partial charge in [0.1, 0.15) is 0 Å². The molecule has 1 saturated heterocycles. The van der Waals surface area contributed by atoms with E-state index in [0.717, 1.165) is 25.9 Å². The largest absolute Gasteiger partial charge is 0.330 e. The Morgan fingerprint density at radius 3 is 3.00 bits per heavy atom. The van der Waals surface area contributed by atoms with Gasteiger partial charge in [-0.25, -0.2) is 0 Å². The molecule has 1 unspecified atom stereocenters. The summed E-state index contributed by atoms with van der Waals surface area (Å²) in [7, 11) is 0. The lowest BCUT2D eigenvalue weighted by atomic mass is 9.94. The number of halogens is 1. The molecule has 1 atom stereocenters. The van der Waals surface area contributed by atoms with Crippen molar-refractivity contribution in [1.29, 1.82) is 0 Å². The Balaban J connectivity index is 2.09. The Labute approximate surface area is 123 Å². The number of likely N-dealkylation sites (tertiary alicyclic amines) is 1. The van der Waals surface area contributed by atoms with Crippen molar-refractivity contribution < 1.29 is 4.92 Å². The summed E-state index contributed by atoms with van der Waals surface area (Å²) in [6.07, 6.45) is 3.35. The van der Waals surface area contributed by atoms with Gasteiger partial charge in [-0.1, -0.05) is 11.6 Å². The van der Waals surface area contributed by atoms with E-state index in [-0.39, 0.29) is 10.6 Å². The molecule has 1 aliphatic heterocycles. The molecule has 0 spiro atoms. The SMILES string of the molecule is NCCC1CCCN(Cc2cc(Cl)ccc2[N+](=O)[O-])C1. The maximum atomic E-state index is 11.1. The number of nitrogens with zero attached hydrogens (tertiary/aromatic N) is 2. The van der Waals surface area contributed by atoms with Gasteiger partial charge in [0.05, 0.1) is 4.92 Å². The van der Waals surface area contributed by atoms with Crippen LogP contribution in [0.2, 0.25) is 5.02 Å². The average Bonchev–Trinajstić information content (AvgIpc) is 2.39. The maximum absolute atomic E-state index is 11.1. The van der Waals surface area contributed by atoms with Crippen LogP contribution >= 0.6 is 11.6 Å². The smallest absolute Gasteiger partial charge is 0.273 e. The second-order valence-electron chi connectivity index (χ2n) is 5.35. The molecule has 1 aromatic rings. The van der Waals surface area contributed by atoms with Crippen molar-refractivity contribution in [3.8, 4) is 0 Å². The van der Waals surface area contributed by atoms with Gasteiger partial charge in [-0.15, -0.1) is 0 Å². The minimum Gasteiger partial charge on any atom is -0.330 e. The quantitative estimate of drug-likeness (QED) is 0.670. The second kappa shape index (κ2) is 7.02. The Bertz CT molecular complexity index is 479. The molecule has 1 heterocycles. The summed E-state index contributed by atoms with van der Waals surface area (Å²) in [4.78, 5) is 13.0. The fourth-order valence-corrected chi connectivity index (χ4v) is 3.06. The molecule has 1 aromatic carbocycles. The van der Waals surface area contributed by atoms with Gasteiger partial charge < -0.3 is 5.73 Å². The fourth-order valence-electron chi connectivity index (χ4n) is 2.87. The van der Waals surface area contributed by atoms with E-state index in [9.17, 15) is 10.1 Å². The van der Waals surface area contributed by atoms with E-state index in [1.807, 2.05) is 0 Å². The van der Waals surface area contributed by atoms with Crippen LogP contribution in [0.5, 0.6) is 0 Å². The van der Waals surface area contributed by atoms with Gasteiger partial charge in [-0.2, -0.15) is 0 Å². The van der Waals surface area contributed by atoms with E-state index >= 15 is 0 Å². The van der Waals surface area contributed by atoms with Crippen molar-refractivity contribution in [1.82, 2.24) is 4.90 Å². The van der Waals surface area contributed by atoms with Gasteiger partial charge in [-0.3, -0.25) is 15.0 Å². The predicted molar refractivity (Wildman–Crippen MR) is 79.8 cm³/mol. The second-order valence-corrected chi connectivity index (χ2v) is 5.79. The minimum atomic E-state index is -0.340. The number of hydrogen-bond donors (Lipinski definition) is 1.